The van der Waals surface area contributed by atoms with Gasteiger partial charge in [-0.15, -0.1) is 0 Å². The van der Waals surface area contributed by atoms with Crippen LogP contribution < -0.4 is 4.90 Å². The third-order valence-corrected chi connectivity index (χ3v) is 12.7. The van der Waals surface area contributed by atoms with Crippen molar-refractivity contribution in [2.75, 3.05) is 4.90 Å². The van der Waals surface area contributed by atoms with Gasteiger partial charge in [-0.1, -0.05) is 194 Å². The van der Waals surface area contributed by atoms with Gasteiger partial charge in [0.25, 0.3) is 0 Å². The van der Waals surface area contributed by atoms with Gasteiger partial charge >= 0.3 is 0 Å². The topological polar surface area (TPSA) is 16.4 Å². The van der Waals surface area contributed by atoms with Crippen LogP contribution >= 0.6 is 0 Å². The number of anilines is 3. The zero-order valence-electron chi connectivity index (χ0n) is 33.4. The van der Waals surface area contributed by atoms with E-state index in [0.717, 1.165) is 55.5 Å². The number of hydrogen-bond donors (Lipinski definition) is 0. The summed E-state index contributed by atoms with van der Waals surface area (Å²) in [5.74, 6) is 0. The number of furan rings is 1. The van der Waals surface area contributed by atoms with Crippen LogP contribution in [0.2, 0.25) is 0 Å². The third kappa shape index (κ3) is 5.36. The molecule has 61 heavy (non-hydrogen) atoms. The second kappa shape index (κ2) is 14.1. The standard InChI is InChI=1S/C59H39NO/c1-6-20-40(21-7-1)50-39-51-57-55(61-58(51)49-32-17-16-30-46(49)50)37-36-54(56(57)41-22-8-2-9-23-41)60(44-28-14-5-15-29-44)45-34-35-48-47-31-18-19-33-52(47)59(53(48)38-45,42-24-10-3-11-25-42)43-26-12-4-13-27-43/h1-39H. The van der Waals surface area contributed by atoms with Gasteiger partial charge in [0.2, 0.25) is 0 Å². The van der Waals surface area contributed by atoms with Gasteiger partial charge in [0.15, 0.2) is 0 Å². The van der Waals surface area contributed by atoms with E-state index in [9.17, 15) is 0 Å². The van der Waals surface area contributed by atoms with Crippen LogP contribution in [0.1, 0.15) is 22.3 Å². The van der Waals surface area contributed by atoms with Crippen LogP contribution in [0.15, 0.2) is 241 Å². The van der Waals surface area contributed by atoms with E-state index < -0.39 is 5.41 Å². The molecule has 11 aromatic rings. The summed E-state index contributed by atoms with van der Waals surface area (Å²) in [5.41, 5.74) is 16.6. The zero-order chi connectivity index (χ0) is 40.3. The first-order chi connectivity index (χ1) is 30.3. The number of benzene rings is 10. The highest BCUT2D eigenvalue weighted by atomic mass is 16.3. The molecular weight excluding hydrogens is 739 g/mol. The molecular formula is C59H39NO. The fraction of sp³-hybridized carbons (Fsp3) is 0.0169. The van der Waals surface area contributed by atoms with Crippen molar-refractivity contribution in [1.29, 1.82) is 0 Å². The zero-order valence-corrected chi connectivity index (χ0v) is 33.4. The Morgan fingerprint density at radius 1 is 0.361 bits per heavy atom. The highest BCUT2D eigenvalue weighted by molar-refractivity contribution is 6.24. The molecule has 0 radical (unpaired) electrons. The first-order valence-corrected chi connectivity index (χ1v) is 21.0. The molecule has 0 aliphatic heterocycles. The molecule has 1 aliphatic carbocycles. The normalized spacial score (nSPS) is 12.7. The molecule has 0 N–H and O–H groups in total. The largest absolute Gasteiger partial charge is 0.455 e. The predicted octanol–water partition coefficient (Wildman–Crippen LogP) is 15.9. The SMILES string of the molecule is c1ccc(-c2cc3c(oc4ccc(N(c5ccccc5)c5ccc6c(c5)C(c5ccccc5)(c5ccccc5)c5ccccc5-6)c(-c5ccccc5)c43)c3ccccc23)cc1. The van der Waals surface area contributed by atoms with Gasteiger partial charge in [-0.25, -0.2) is 0 Å². The molecule has 0 atom stereocenters. The van der Waals surface area contributed by atoms with Crippen molar-refractivity contribution in [3.8, 4) is 33.4 Å². The van der Waals surface area contributed by atoms with E-state index in [2.05, 4.69) is 241 Å². The van der Waals surface area contributed by atoms with Gasteiger partial charge < -0.3 is 9.32 Å². The van der Waals surface area contributed by atoms with Gasteiger partial charge in [-0.05, 0) is 97.9 Å². The molecule has 10 aromatic carbocycles. The monoisotopic (exact) mass is 777 g/mol. The van der Waals surface area contributed by atoms with E-state index in [1.165, 1.54) is 49.9 Å². The molecule has 0 unspecified atom stereocenters. The fourth-order valence-electron chi connectivity index (χ4n) is 10.2. The third-order valence-electron chi connectivity index (χ3n) is 12.7. The Hall–Kier alpha value is -7.94. The van der Waals surface area contributed by atoms with Crippen molar-refractivity contribution < 1.29 is 4.42 Å². The average Bonchev–Trinajstić information content (AvgIpc) is 3.87. The molecule has 0 amide bonds. The second-order valence-corrected chi connectivity index (χ2v) is 15.9. The van der Waals surface area contributed by atoms with Gasteiger partial charge in [0.1, 0.15) is 11.2 Å². The van der Waals surface area contributed by atoms with Gasteiger partial charge in [-0.2, -0.15) is 0 Å². The van der Waals surface area contributed by atoms with E-state index >= 15 is 0 Å². The Labute approximate surface area is 355 Å². The second-order valence-electron chi connectivity index (χ2n) is 15.9. The van der Waals surface area contributed by atoms with Crippen molar-refractivity contribution in [2.45, 2.75) is 5.41 Å². The molecule has 12 rings (SSSR count). The highest BCUT2D eigenvalue weighted by Gasteiger charge is 2.46. The summed E-state index contributed by atoms with van der Waals surface area (Å²) in [5, 5.41) is 4.47. The predicted molar refractivity (Wildman–Crippen MR) is 254 cm³/mol. The van der Waals surface area contributed by atoms with Crippen LogP contribution in [0.5, 0.6) is 0 Å². The summed E-state index contributed by atoms with van der Waals surface area (Å²) in [4.78, 5) is 2.45. The fourth-order valence-corrected chi connectivity index (χ4v) is 10.2. The highest BCUT2D eigenvalue weighted by Crippen LogP contribution is 2.58. The first-order valence-electron chi connectivity index (χ1n) is 21.0. The van der Waals surface area contributed by atoms with Crippen molar-refractivity contribution >= 4 is 49.8 Å². The van der Waals surface area contributed by atoms with E-state index in [0.29, 0.717) is 0 Å². The smallest absolute Gasteiger partial charge is 0.143 e. The van der Waals surface area contributed by atoms with Gasteiger partial charge in [0.05, 0.1) is 11.1 Å². The van der Waals surface area contributed by atoms with Crippen LogP contribution in [0.4, 0.5) is 17.1 Å². The van der Waals surface area contributed by atoms with Crippen LogP contribution in [0, 0.1) is 0 Å². The quantitative estimate of drug-likeness (QED) is 0.160. The number of rotatable bonds is 7. The van der Waals surface area contributed by atoms with Crippen molar-refractivity contribution in [1.82, 2.24) is 0 Å². The molecule has 0 saturated heterocycles. The van der Waals surface area contributed by atoms with Crippen LogP contribution in [0.3, 0.4) is 0 Å². The van der Waals surface area contributed by atoms with Crippen molar-refractivity contribution in [3.63, 3.8) is 0 Å². The maximum absolute atomic E-state index is 6.97. The lowest BCUT2D eigenvalue weighted by Crippen LogP contribution is -2.28. The average molecular weight is 778 g/mol. The van der Waals surface area contributed by atoms with Crippen LogP contribution in [-0.4, -0.2) is 0 Å². The Balaban J connectivity index is 1.18. The molecule has 0 bridgehead atoms. The molecule has 0 fully saturated rings. The maximum Gasteiger partial charge on any atom is 0.143 e. The minimum atomic E-state index is -0.533. The number of nitrogens with zero attached hydrogens (tertiary/aromatic N) is 1. The summed E-state index contributed by atoms with van der Waals surface area (Å²) in [7, 11) is 0. The maximum atomic E-state index is 6.97. The van der Waals surface area contributed by atoms with Crippen molar-refractivity contribution in [2.24, 2.45) is 0 Å². The number of hydrogen-bond acceptors (Lipinski definition) is 2. The molecule has 1 aromatic heterocycles. The molecule has 2 heteroatoms. The lowest BCUT2D eigenvalue weighted by Gasteiger charge is -2.35. The van der Waals surface area contributed by atoms with E-state index in [-0.39, 0.29) is 0 Å². The molecule has 1 heterocycles. The van der Waals surface area contributed by atoms with Gasteiger partial charge in [-0.3, -0.25) is 0 Å². The lowest BCUT2D eigenvalue weighted by molar-refractivity contribution is 0.673. The molecule has 1 aliphatic rings. The molecule has 2 nitrogen and oxygen atoms in total. The molecule has 0 saturated carbocycles. The summed E-state index contributed by atoms with van der Waals surface area (Å²) < 4.78 is 6.97. The van der Waals surface area contributed by atoms with E-state index in [1.807, 2.05) is 0 Å². The number of para-hydroxylation sites is 1. The molecule has 0 spiro atoms. The first kappa shape index (κ1) is 35.0. The van der Waals surface area contributed by atoms with Gasteiger partial charge in [0, 0.05) is 33.1 Å². The Morgan fingerprint density at radius 3 is 1.61 bits per heavy atom. The minimum absolute atomic E-state index is 0.533. The molecule has 286 valence electrons. The Bertz CT molecular complexity index is 3350. The Kier molecular flexibility index (Phi) is 8.11. The van der Waals surface area contributed by atoms with Crippen LogP contribution in [0.25, 0.3) is 66.1 Å². The summed E-state index contributed by atoms with van der Waals surface area (Å²) in [6.45, 7) is 0. The summed E-state index contributed by atoms with van der Waals surface area (Å²) >= 11 is 0. The van der Waals surface area contributed by atoms with E-state index in [1.54, 1.807) is 0 Å². The summed E-state index contributed by atoms with van der Waals surface area (Å²) in [6.07, 6.45) is 0. The van der Waals surface area contributed by atoms with E-state index in [4.69, 9.17) is 4.42 Å². The lowest BCUT2D eigenvalue weighted by atomic mass is 9.67. The van der Waals surface area contributed by atoms with Crippen LogP contribution in [-0.2, 0) is 5.41 Å². The Morgan fingerprint density at radius 2 is 0.918 bits per heavy atom. The number of fused-ring (bicyclic) bond motifs is 8. The minimum Gasteiger partial charge on any atom is -0.455 e. The van der Waals surface area contributed by atoms with Crippen molar-refractivity contribution in [3.05, 3.63) is 259 Å². The summed E-state index contributed by atoms with van der Waals surface area (Å²) in [6, 6.07) is 85.9.